The van der Waals surface area contributed by atoms with Crippen molar-refractivity contribution in [2.24, 2.45) is 0 Å². The molecule has 2 N–H and O–H groups in total. The van der Waals surface area contributed by atoms with Crippen molar-refractivity contribution in [1.29, 1.82) is 0 Å². The number of nitro benzene ring substituents is 1. The number of hydrogen-bond donors (Lipinski definition) is 2. The summed E-state index contributed by atoms with van der Waals surface area (Å²) in [7, 11) is 3.69. The Morgan fingerprint density at radius 3 is 2.59 bits per heavy atom. The van der Waals surface area contributed by atoms with E-state index in [9.17, 15) is 28.1 Å². The van der Waals surface area contributed by atoms with Gasteiger partial charge in [-0.1, -0.05) is 0 Å². The number of alkyl halides is 3. The standard InChI is InChI=1S/C18H20F3N5O3/c1-25(2)16-9-12(5-7-23-16)11-24-17(27)6-8-22-14-4-3-13(18(19,20)21)10-15(14)26(28)29/h3-5,7,9-10,22H,6,8,11H2,1-2H3,(H,24,27). The number of anilines is 2. The summed E-state index contributed by atoms with van der Waals surface area (Å²) < 4.78 is 38.1. The third kappa shape index (κ3) is 6.33. The van der Waals surface area contributed by atoms with Gasteiger partial charge in [-0.05, 0) is 29.8 Å². The number of aromatic nitrogens is 1. The Morgan fingerprint density at radius 2 is 1.97 bits per heavy atom. The monoisotopic (exact) mass is 411 g/mol. The van der Waals surface area contributed by atoms with Crippen molar-refractivity contribution in [2.75, 3.05) is 30.9 Å². The smallest absolute Gasteiger partial charge is 0.379 e. The molecule has 0 aliphatic rings. The van der Waals surface area contributed by atoms with Crippen LogP contribution < -0.4 is 15.5 Å². The Bertz CT molecular complexity index is 887. The quantitative estimate of drug-likeness (QED) is 0.511. The number of rotatable bonds is 8. The summed E-state index contributed by atoms with van der Waals surface area (Å²) in [5.41, 5.74) is -1.04. The molecule has 0 aliphatic heterocycles. The van der Waals surface area contributed by atoms with Gasteiger partial charge in [-0.3, -0.25) is 14.9 Å². The number of hydrogen-bond acceptors (Lipinski definition) is 6. The molecular weight excluding hydrogens is 391 g/mol. The van der Waals surface area contributed by atoms with Gasteiger partial charge >= 0.3 is 6.18 Å². The summed E-state index contributed by atoms with van der Waals surface area (Å²) in [6.07, 6.45) is -3.06. The fourth-order valence-electron chi connectivity index (χ4n) is 2.42. The third-order valence-electron chi connectivity index (χ3n) is 3.95. The Morgan fingerprint density at radius 1 is 1.24 bits per heavy atom. The minimum absolute atomic E-state index is 0.0101. The lowest BCUT2D eigenvalue weighted by molar-refractivity contribution is -0.384. The van der Waals surface area contributed by atoms with Crippen molar-refractivity contribution in [1.82, 2.24) is 10.3 Å². The molecule has 0 radical (unpaired) electrons. The molecule has 0 bridgehead atoms. The number of carbonyl (C=O) groups is 1. The first-order valence-corrected chi connectivity index (χ1v) is 8.56. The summed E-state index contributed by atoms with van der Waals surface area (Å²) in [6.45, 7) is 0.306. The zero-order chi connectivity index (χ0) is 21.6. The SMILES string of the molecule is CN(C)c1cc(CNC(=O)CCNc2ccc(C(F)(F)F)cc2[N+](=O)[O-])ccn1. The summed E-state index contributed by atoms with van der Waals surface area (Å²) in [5.74, 6) is 0.434. The Balaban J connectivity index is 1.90. The fourth-order valence-corrected chi connectivity index (χ4v) is 2.42. The highest BCUT2D eigenvalue weighted by Crippen LogP contribution is 2.34. The number of pyridine rings is 1. The van der Waals surface area contributed by atoms with Crippen LogP contribution in [0.5, 0.6) is 0 Å². The lowest BCUT2D eigenvalue weighted by Gasteiger charge is -2.13. The van der Waals surface area contributed by atoms with E-state index in [0.717, 1.165) is 23.5 Å². The van der Waals surface area contributed by atoms with Gasteiger partial charge in [-0.25, -0.2) is 4.98 Å². The summed E-state index contributed by atoms with van der Waals surface area (Å²) in [4.78, 5) is 28.1. The van der Waals surface area contributed by atoms with E-state index in [4.69, 9.17) is 0 Å². The fraction of sp³-hybridized carbons (Fsp3) is 0.333. The lowest BCUT2D eigenvalue weighted by Crippen LogP contribution is -2.25. The zero-order valence-corrected chi connectivity index (χ0v) is 15.8. The number of halogens is 3. The molecular formula is C18H20F3N5O3. The maximum atomic E-state index is 12.7. The molecule has 0 unspecified atom stereocenters. The number of nitrogens with one attached hydrogen (secondary N) is 2. The van der Waals surface area contributed by atoms with Gasteiger partial charge in [-0.2, -0.15) is 13.2 Å². The van der Waals surface area contributed by atoms with Crippen molar-refractivity contribution in [3.8, 4) is 0 Å². The molecule has 0 saturated heterocycles. The molecule has 0 fully saturated rings. The van der Waals surface area contributed by atoms with Gasteiger partial charge in [0.25, 0.3) is 5.69 Å². The summed E-state index contributed by atoms with van der Waals surface area (Å²) in [5, 5.41) is 16.4. The van der Waals surface area contributed by atoms with E-state index in [-0.39, 0.29) is 31.1 Å². The van der Waals surface area contributed by atoms with E-state index in [2.05, 4.69) is 15.6 Å². The Labute approximate surface area is 164 Å². The second-order valence-corrected chi connectivity index (χ2v) is 6.36. The van der Waals surface area contributed by atoms with E-state index < -0.39 is 22.4 Å². The van der Waals surface area contributed by atoms with Crippen molar-refractivity contribution < 1.29 is 22.9 Å². The highest BCUT2D eigenvalue weighted by molar-refractivity contribution is 5.76. The largest absolute Gasteiger partial charge is 0.416 e. The molecule has 2 aromatic rings. The van der Waals surface area contributed by atoms with Crippen LogP contribution in [-0.2, 0) is 17.5 Å². The van der Waals surface area contributed by atoms with Crippen LogP contribution in [0.25, 0.3) is 0 Å². The molecule has 156 valence electrons. The molecule has 1 amide bonds. The van der Waals surface area contributed by atoms with E-state index in [0.29, 0.717) is 6.07 Å². The van der Waals surface area contributed by atoms with Gasteiger partial charge in [0.1, 0.15) is 11.5 Å². The van der Waals surface area contributed by atoms with Gasteiger partial charge in [-0.15, -0.1) is 0 Å². The average Bonchev–Trinajstić information content (AvgIpc) is 2.65. The number of nitrogens with zero attached hydrogens (tertiary/aromatic N) is 3. The van der Waals surface area contributed by atoms with E-state index in [1.165, 1.54) is 0 Å². The van der Waals surface area contributed by atoms with Crippen molar-refractivity contribution in [2.45, 2.75) is 19.1 Å². The van der Waals surface area contributed by atoms with Gasteiger partial charge in [0.2, 0.25) is 5.91 Å². The van der Waals surface area contributed by atoms with Crippen molar-refractivity contribution in [3.63, 3.8) is 0 Å². The van der Waals surface area contributed by atoms with Gasteiger partial charge in [0.15, 0.2) is 0 Å². The molecule has 0 atom stereocenters. The minimum Gasteiger partial charge on any atom is -0.379 e. The van der Waals surface area contributed by atoms with Crippen LogP contribution in [0.4, 0.5) is 30.4 Å². The number of nitro groups is 1. The lowest BCUT2D eigenvalue weighted by atomic mass is 10.1. The Hall–Kier alpha value is -3.37. The molecule has 1 heterocycles. The highest BCUT2D eigenvalue weighted by Gasteiger charge is 2.33. The molecule has 1 aromatic carbocycles. The van der Waals surface area contributed by atoms with Gasteiger partial charge in [0, 0.05) is 45.9 Å². The van der Waals surface area contributed by atoms with Crippen LogP contribution in [0.15, 0.2) is 36.5 Å². The van der Waals surface area contributed by atoms with Crippen LogP contribution in [0, 0.1) is 10.1 Å². The summed E-state index contributed by atoms with van der Waals surface area (Å²) >= 11 is 0. The van der Waals surface area contributed by atoms with Gasteiger partial charge < -0.3 is 15.5 Å². The van der Waals surface area contributed by atoms with Crippen molar-refractivity contribution >= 4 is 23.1 Å². The van der Waals surface area contributed by atoms with E-state index in [1.54, 1.807) is 12.3 Å². The Kier molecular flexibility index (Phi) is 6.97. The maximum absolute atomic E-state index is 12.7. The predicted molar refractivity (Wildman–Crippen MR) is 102 cm³/mol. The summed E-state index contributed by atoms with van der Waals surface area (Å²) in [6, 6.07) is 5.79. The highest BCUT2D eigenvalue weighted by atomic mass is 19.4. The van der Waals surface area contributed by atoms with Crippen LogP contribution in [0.1, 0.15) is 17.5 Å². The van der Waals surface area contributed by atoms with Crippen LogP contribution >= 0.6 is 0 Å². The molecule has 2 rings (SSSR count). The molecule has 0 aliphatic carbocycles. The zero-order valence-electron chi connectivity index (χ0n) is 15.8. The van der Waals surface area contributed by atoms with Crippen LogP contribution in [0.3, 0.4) is 0 Å². The topological polar surface area (TPSA) is 100 Å². The molecule has 29 heavy (non-hydrogen) atoms. The van der Waals surface area contributed by atoms with Gasteiger partial charge in [0.05, 0.1) is 10.5 Å². The predicted octanol–water partition coefficient (Wildman–Crippen LogP) is 3.19. The molecule has 0 saturated carbocycles. The number of benzene rings is 1. The third-order valence-corrected chi connectivity index (χ3v) is 3.95. The van der Waals surface area contributed by atoms with E-state index >= 15 is 0 Å². The second-order valence-electron chi connectivity index (χ2n) is 6.36. The number of carbonyl (C=O) groups excluding carboxylic acids is 1. The normalized spacial score (nSPS) is 11.1. The first-order valence-electron chi connectivity index (χ1n) is 8.56. The molecule has 1 aromatic heterocycles. The molecule has 0 spiro atoms. The van der Waals surface area contributed by atoms with Crippen LogP contribution in [-0.4, -0.2) is 36.5 Å². The first kappa shape index (κ1) is 21.9. The average molecular weight is 411 g/mol. The molecule has 8 nitrogen and oxygen atoms in total. The second kappa shape index (κ2) is 9.22. The van der Waals surface area contributed by atoms with Crippen LogP contribution in [0.2, 0.25) is 0 Å². The van der Waals surface area contributed by atoms with E-state index in [1.807, 2.05) is 25.1 Å². The van der Waals surface area contributed by atoms with Crippen molar-refractivity contribution in [3.05, 3.63) is 57.8 Å². The first-order chi connectivity index (χ1) is 13.6. The molecule has 11 heteroatoms. The number of amides is 1. The maximum Gasteiger partial charge on any atom is 0.416 e. The minimum atomic E-state index is -4.68.